The van der Waals surface area contributed by atoms with E-state index in [1.807, 2.05) is 24.3 Å². The van der Waals surface area contributed by atoms with Crippen molar-refractivity contribution >= 4 is 0 Å². The summed E-state index contributed by atoms with van der Waals surface area (Å²) in [5, 5.41) is 9.54. The average molecular weight is 285 g/mol. The van der Waals surface area contributed by atoms with Crippen molar-refractivity contribution in [2.75, 3.05) is 6.61 Å². The predicted octanol–water partition coefficient (Wildman–Crippen LogP) is 3.65. The third-order valence-electron chi connectivity index (χ3n) is 3.82. The van der Waals surface area contributed by atoms with Gasteiger partial charge in [0.05, 0.1) is 11.5 Å². The summed E-state index contributed by atoms with van der Waals surface area (Å²) in [6.45, 7) is 0.133. The van der Waals surface area contributed by atoms with Gasteiger partial charge in [0, 0.05) is 12.0 Å². The van der Waals surface area contributed by atoms with Gasteiger partial charge >= 0.3 is 0 Å². The van der Waals surface area contributed by atoms with Crippen molar-refractivity contribution in [1.29, 1.82) is 5.26 Å². The third kappa shape index (κ3) is 2.47. The molecular weight excluding hydrogens is 272 g/mol. The van der Waals surface area contributed by atoms with Crippen molar-refractivity contribution < 1.29 is 13.5 Å². The number of benzene rings is 2. The van der Waals surface area contributed by atoms with E-state index in [9.17, 15) is 14.0 Å². The van der Waals surface area contributed by atoms with Crippen molar-refractivity contribution in [3.05, 3.63) is 65.2 Å². The third-order valence-corrected chi connectivity index (χ3v) is 3.82. The molecule has 0 N–H and O–H groups in total. The first-order chi connectivity index (χ1) is 10.1. The van der Waals surface area contributed by atoms with E-state index < -0.39 is 17.0 Å². The van der Waals surface area contributed by atoms with Crippen molar-refractivity contribution in [3.63, 3.8) is 0 Å². The number of nitriles is 1. The van der Waals surface area contributed by atoms with E-state index in [0.717, 1.165) is 11.3 Å². The molecule has 1 aliphatic heterocycles. The normalized spacial score (nSPS) is 20.2. The predicted molar refractivity (Wildman–Crippen MR) is 73.7 cm³/mol. The molecule has 0 amide bonds. The minimum atomic E-state index is -0.947. The lowest BCUT2D eigenvalue weighted by molar-refractivity contribution is 0.167. The number of hydrogen-bond donors (Lipinski definition) is 0. The molecular formula is C17H13F2NO. The molecule has 0 radical (unpaired) electrons. The molecule has 0 aromatic heterocycles. The number of nitrogens with zero attached hydrogens (tertiary/aromatic N) is 1. The molecule has 21 heavy (non-hydrogen) atoms. The summed E-state index contributed by atoms with van der Waals surface area (Å²) in [4.78, 5) is 0. The van der Waals surface area contributed by atoms with Gasteiger partial charge in [-0.1, -0.05) is 24.3 Å². The van der Waals surface area contributed by atoms with Crippen molar-refractivity contribution in [2.45, 2.75) is 12.8 Å². The highest BCUT2D eigenvalue weighted by atomic mass is 19.1. The van der Waals surface area contributed by atoms with Crippen LogP contribution < -0.4 is 4.74 Å². The lowest BCUT2D eigenvalue weighted by atomic mass is 9.76. The van der Waals surface area contributed by atoms with Crippen LogP contribution >= 0.6 is 0 Å². The molecule has 1 heterocycles. The highest BCUT2D eigenvalue weighted by Gasteiger charge is 2.37. The SMILES string of the molecule is N#CC1(Cc2c(F)cccc2F)COc2ccccc2C1. The molecule has 0 saturated heterocycles. The van der Waals surface area contributed by atoms with Crippen LogP contribution in [0, 0.1) is 28.4 Å². The van der Waals surface area contributed by atoms with Gasteiger partial charge in [-0.15, -0.1) is 0 Å². The highest BCUT2D eigenvalue weighted by molar-refractivity contribution is 5.38. The maximum Gasteiger partial charge on any atom is 0.129 e. The van der Waals surface area contributed by atoms with Crippen molar-refractivity contribution in [3.8, 4) is 11.8 Å². The molecule has 0 fully saturated rings. The molecule has 106 valence electrons. The van der Waals surface area contributed by atoms with E-state index in [2.05, 4.69) is 6.07 Å². The Morgan fingerprint density at radius 1 is 1.10 bits per heavy atom. The monoisotopic (exact) mass is 285 g/mol. The Labute approximate surface area is 121 Å². The quantitative estimate of drug-likeness (QED) is 0.843. The Kier molecular flexibility index (Phi) is 3.34. The highest BCUT2D eigenvalue weighted by Crippen LogP contribution is 2.37. The van der Waals surface area contributed by atoms with E-state index in [4.69, 9.17) is 4.74 Å². The second-order valence-electron chi connectivity index (χ2n) is 5.34. The number of hydrogen-bond acceptors (Lipinski definition) is 2. The van der Waals surface area contributed by atoms with Crippen LogP contribution in [0.2, 0.25) is 0 Å². The number of rotatable bonds is 2. The molecule has 0 aliphatic carbocycles. The van der Waals surface area contributed by atoms with E-state index >= 15 is 0 Å². The maximum absolute atomic E-state index is 13.8. The van der Waals surface area contributed by atoms with Crippen LogP contribution in [-0.2, 0) is 12.8 Å². The van der Waals surface area contributed by atoms with Gasteiger partial charge in [-0.05, 0) is 30.2 Å². The smallest absolute Gasteiger partial charge is 0.129 e. The van der Waals surface area contributed by atoms with Gasteiger partial charge in [0.25, 0.3) is 0 Å². The minimum absolute atomic E-state index is 0.00363. The van der Waals surface area contributed by atoms with E-state index in [0.29, 0.717) is 6.42 Å². The zero-order valence-corrected chi connectivity index (χ0v) is 11.3. The van der Waals surface area contributed by atoms with Gasteiger partial charge in [0.1, 0.15) is 24.0 Å². The standard InChI is InChI=1S/C17H13F2NO/c18-14-5-3-6-15(19)13(14)9-17(10-20)8-12-4-1-2-7-16(12)21-11-17/h1-7H,8-9,11H2. The fourth-order valence-electron chi connectivity index (χ4n) is 2.69. The van der Waals surface area contributed by atoms with Crippen molar-refractivity contribution in [1.82, 2.24) is 0 Å². The summed E-state index contributed by atoms with van der Waals surface area (Å²) in [5.41, 5.74) is -0.110. The molecule has 2 aromatic rings. The number of fused-ring (bicyclic) bond motifs is 1. The van der Waals surface area contributed by atoms with Crippen molar-refractivity contribution in [2.24, 2.45) is 5.41 Å². The van der Waals surface area contributed by atoms with Gasteiger partial charge in [-0.2, -0.15) is 5.26 Å². The number of para-hydroxylation sites is 1. The Balaban J connectivity index is 1.95. The molecule has 0 spiro atoms. The zero-order valence-electron chi connectivity index (χ0n) is 11.3. The van der Waals surface area contributed by atoms with Gasteiger partial charge in [-0.3, -0.25) is 0 Å². The van der Waals surface area contributed by atoms with Crippen LogP contribution in [0.4, 0.5) is 8.78 Å². The fraction of sp³-hybridized carbons (Fsp3) is 0.235. The summed E-state index contributed by atoms with van der Waals surface area (Å²) < 4.78 is 33.2. The molecule has 2 aromatic carbocycles. The molecule has 0 saturated carbocycles. The minimum Gasteiger partial charge on any atom is -0.492 e. The maximum atomic E-state index is 13.8. The van der Waals surface area contributed by atoms with Gasteiger partial charge in [0.15, 0.2) is 0 Å². The summed E-state index contributed by atoms with van der Waals surface area (Å²) in [7, 11) is 0. The fourth-order valence-corrected chi connectivity index (χ4v) is 2.69. The number of halogens is 2. The summed E-state index contributed by atoms with van der Waals surface area (Å²) in [5.74, 6) is -0.510. The first kappa shape index (κ1) is 13.6. The lowest BCUT2D eigenvalue weighted by Gasteiger charge is -2.32. The Hall–Kier alpha value is -2.41. The first-order valence-corrected chi connectivity index (χ1v) is 6.68. The number of ether oxygens (including phenoxy) is 1. The summed E-state index contributed by atoms with van der Waals surface area (Å²) in [6, 6.07) is 13.4. The molecule has 3 rings (SSSR count). The van der Waals surface area contributed by atoms with Crippen LogP contribution in [0.3, 0.4) is 0 Å². The molecule has 1 unspecified atom stereocenters. The summed E-state index contributed by atoms with van der Waals surface area (Å²) >= 11 is 0. The van der Waals surface area contributed by atoms with Crippen LogP contribution in [0.5, 0.6) is 5.75 Å². The Morgan fingerprint density at radius 3 is 2.52 bits per heavy atom. The van der Waals surface area contributed by atoms with Crippen LogP contribution in [-0.4, -0.2) is 6.61 Å². The molecule has 2 nitrogen and oxygen atoms in total. The van der Waals surface area contributed by atoms with Crippen LogP contribution in [0.25, 0.3) is 0 Å². The van der Waals surface area contributed by atoms with Crippen LogP contribution in [0.1, 0.15) is 11.1 Å². The topological polar surface area (TPSA) is 33.0 Å². The van der Waals surface area contributed by atoms with Gasteiger partial charge in [0.2, 0.25) is 0 Å². The largest absolute Gasteiger partial charge is 0.492 e. The Morgan fingerprint density at radius 2 is 1.81 bits per heavy atom. The van der Waals surface area contributed by atoms with E-state index in [1.165, 1.54) is 18.2 Å². The summed E-state index contributed by atoms with van der Waals surface area (Å²) in [6.07, 6.45) is 0.420. The molecule has 1 aliphatic rings. The molecule has 0 bridgehead atoms. The van der Waals surface area contributed by atoms with E-state index in [1.54, 1.807) is 0 Å². The zero-order chi connectivity index (χ0) is 14.9. The molecule has 1 atom stereocenters. The van der Waals surface area contributed by atoms with Crippen LogP contribution in [0.15, 0.2) is 42.5 Å². The average Bonchev–Trinajstić information content (AvgIpc) is 2.51. The second-order valence-corrected chi connectivity index (χ2v) is 5.34. The van der Waals surface area contributed by atoms with Gasteiger partial charge in [-0.25, -0.2) is 8.78 Å². The first-order valence-electron chi connectivity index (χ1n) is 6.68. The van der Waals surface area contributed by atoms with E-state index in [-0.39, 0.29) is 18.6 Å². The Bertz CT molecular complexity index is 703. The lowest BCUT2D eigenvalue weighted by Crippen LogP contribution is -2.36. The molecule has 4 heteroatoms. The second kappa shape index (κ2) is 5.17. The van der Waals surface area contributed by atoms with Gasteiger partial charge < -0.3 is 4.74 Å².